The molecule has 0 aliphatic rings. The van der Waals surface area contributed by atoms with Gasteiger partial charge in [-0.05, 0) is 18.9 Å². The molecule has 1 N–H and O–H groups in total. The number of aliphatic carboxylic acids is 1. The van der Waals surface area contributed by atoms with Gasteiger partial charge in [0.1, 0.15) is 22.1 Å². The second-order valence-corrected chi connectivity index (χ2v) is 7.44. The number of nitrogens with zero attached hydrogens (tertiary/aromatic N) is 2. The highest BCUT2D eigenvalue weighted by Gasteiger charge is 2.23. The molecule has 0 aliphatic heterocycles. The lowest BCUT2D eigenvalue weighted by Gasteiger charge is -2.14. The van der Waals surface area contributed by atoms with Gasteiger partial charge in [0.05, 0.1) is 12.0 Å². The lowest BCUT2D eigenvalue weighted by molar-refractivity contribution is -0.137. The number of hydrogen-bond acceptors (Lipinski definition) is 7. The molecular weight excluding hydrogens is 372 g/mol. The summed E-state index contributed by atoms with van der Waals surface area (Å²) in [6.45, 7) is 6.23. The number of hydrogen-bond donors (Lipinski definition) is 1. The Bertz CT molecular complexity index is 899. The van der Waals surface area contributed by atoms with Gasteiger partial charge in [0.25, 0.3) is 5.56 Å². The molecule has 9 heteroatoms. The van der Waals surface area contributed by atoms with Crippen LogP contribution in [0.25, 0.3) is 10.2 Å². The fourth-order valence-electron chi connectivity index (χ4n) is 2.76. The standard InChI is InChI=1S/C18H24N2O6S/c1-10(2)15-19-16-13(17(23)20(15)7-5-6-12(21)22)11(3)14(27-16)18(24)26-9-8-25-4/h10H,5-9H2,1-4H3,(H,21,22). The zero-order valence-corrected chi connectivity index (χ0v) is 16.7. The first-order valence-corrected chi connectivity index (χ1v) is 9.51. The van der Waals surface area contributed by atoms with Gasteiger partial charge in [-0.2, -0.15) is 0 Å². The molecule has 0 bridgehead atoms. The van der Waals surface area contributed by atoms with Crippen molar-refractivity contribution in [1.82, 2.24) is 9.55 Å². The van der Waals surface area contributed by atoms with Crippen molar-refractivity contribution in [2.45, 2.75) is 46.1 Å². The first kappa shape index (κ1) is 21.0. The number of carbonyl (C=O) groups is 2. The van der Waals surface area contributed by atoms with Crippen molar-refractivity contribution < 1.29 is 24.2 Å². The number of aryl methyl sites for hydroxylation is 1. The molecule has 2 rings (SSSR count). The Labute approximate surface area is 160 Å². The average molecular weight is 396 g/mol. The molecule has 0 amide bonds. The van der Waals surface area contributed by atoms with Gasteiger partial charge >= 0.3 is 11.9 Å². The number of carboxylic acids is 1. The third kappa shape index (κ3) is 4.72. The van der Waals surface area contributed by atoms with E-state index in [-0.39, 0.29) is 31.0 Å². The molecule has 0 radical (unpaired) electrons. The average Bonchev–Trinajstić information content (AvgIpc) is 2.93. The number of carboxylic acid groups (broad SMARTS) is 1. The Hall–Kier alpha value is -2.26. The summed E-state index contributed by atoms with van der Waals surface area (Å²) in [7, 11) is 1.52. The highest BCUT2D eigenvalue weighted by atomic mass is 32.1. The van der Waals surface area contributed by atoms with Crippen LogP contribution >= 0.6 is 11.3 Å². The van der Waals surface area contributed by atoms with Gasteiger partial charge in [0.15, 0.2) is 0 Å². The van der Waals surface area contributed by atoms with Crippen molar-refractivity contribution in [3.63, 3.8) is 0 Å². The minimum atomic E-state index is -0.906. The first-order valence-electron chi connectivity index (χ1n) is 8.69. The summed E-state index contributed by atoms with van der Waals surface area (Å²) >= 11 is 1.14. The van der Waals surface area contributed by atoms with Crippen LogP contribution in [-0.2, 0) is 20.8 Å². The Balaban J connectivity index is 2.48. The molecule has 2 aromatic rings. The predicted molar refractivity (Wildman–Crippen MR) is 102 cm³/mol. The van der Waals surface area contributed by atoms with E-state index in [1.807, 2.05) is 13.8 Å². The van der Waals surface area contributed by atoms with Gasteiger partial charge in [-0.25, -0.2) is 9.78 Å². The van der Waals surface area contributed by atoms with Gasteiger partial charge in [0.2, 0.25) is 0 Å². The number of ether oxygens (including phenoxy) is 2. The third-order valence-corrected chi connectivity index (χ3v) is 5.24. The Morgan fingerprint density at radius 2 is 2.00 bits per heavy atom. The van der Waals surface area contributed by atoms with Gasteiger partial charge in [-0.15, -0.1) is 11.3 Å². The van der Waals surface area contributed by atoms with E-state index in [2.05, 4.69) is 4.98 Å². The zero-order valence-electron chi connectivity index (χ0n) is 15.9. The van der Waals surface area contributed by atoms with Gasteiger partial charge in [-0.1, -0.05) is 13.8 Å². The molecule has 0 unspecified atom stereocenters. The zero-order chi connectivity index (χ0) is 20.1. The van der Waals surface area contributed by atoms with Crippen molar-refractivity contribution in [2.24, 2.45) is 0 Å². The van der Waals surface area contributed by atoms with Crippen LogP contribution in [0.3, 0.4) is 0 Å². The topological polar surface area (TPSA) is 108 Å². The number of rotatable bonds is 9. The van der Waals surface area contributed by atoms with Gasteiger partial charge in [-0.3, -0.25) is 14.2 Å². The quantitative estimate of drug-likeness (QED) is 0.512. The van der Waals surface area contributed by atoms with E-state index in [4.69, 9.17) is 14.6 Å². The first-order chi connectivity index (χ1) is 12.8. The van der Waals surface area contributed by atoms with Crippen LogP contribution in [-0.4, -0.2) is 46.9 Å². The summed E-state index contributed by atoms with van der Waals surface area (Å²) in [5, 5.41) is 9.23. The van der Waals surface area contributed by atoms with Crippen LogP contribution in [0.5, 0.6) is 0 Å². The van der Waals surface area contributed by atoms with Crippen LogP contribution in [0, 0.1) is 6.92 Å². The number of esters is 1. The van der Waals surface area contributed by atoms with Crippen LogP contribution in [0.1, 0.15) is 53.7 Å². The number of thiophene rings is 1. The summed E-state index contributed by atoms with van der Waals surface area (Å²) < 4.78 is 11.6. The fraction of sp³-hybridized carbons (Fsp3) is 0.556. The molecular formula is C18H24N2O6S. The van der Waals surface area contributed by atoms with E-state index in [1.165, 1.54) is 11.7 Å². The maximum Gasteiger partial charge on any atom is 0.348 e. The molecule has 8 nitrogen and oxygen atoms in total. The molecule has 0 atom stereocenters. The highest BCUT2D eigenvalue weighted by molar-refractivity contribution is 7.20. The molecule has 27 heavy (non-hydrogen) atoms. The summed E-state index contributed by atoms with van der Waals surface area (Å²) in [5.74, 6) is -0.851. The predicted octanol–water partition coefficient (Wildman–Crippen LogP) is 2.56. The molecule has 0 saturated heterocycles. The maximum absolute atomic E-state index is 13.1. The Morgan fingerprint density at radius 1 is 1.30 bits per heavy atom. The van der Waals surface area contributed by atoms with Crippen molar-refractivity contribution in [3.8, 4) is 0 Å². The monoisotopic (exact) mass is 396 g/mol. The highest BCUT2D eigenvalue weighted by Crippen LogP contribution is 2.29. The molecule has 0 fully saturated rings. The fourth-order valence-corrected chi connectivity index (χ4v) is 3.83. The number of carbonyl (C=O) groups excluding carboxylic acids is 1. The molecule has 0 aliphatic carbocycles. The van der Waals surface area contributed by atoms with Crippen molar-refractivity contribution in [2.75, 3.05) is 20.3 Å². The minimum absolute atomic E-state index is 0.0218. The van der Waals surface area contributed by atoms with Crippen molar-refractivity contribution in [1.29, 1.82) is 0 Å². The number of methoxy groups -OCH3 is 1. The van der Waals surface area contributed by atoms with Crippen molar-refractivity contribution in [3.05, 3.63) is 26.6 Å². The van der Waals surface area contributed by atoms with Crippen LogP contribution in [0.4, 0.5) is 0 Å². The largest absolute Gasteiger partial charge is 0.481 e. The Kier molecular flexibility index (Phi) is 7.09. The van der Waals surface area contributed by atoms with E-state index in [9.17, 15) is 14.4 Å². The molecule has 0 saturated carbocycles. The van der Waals surface area contributed by atoms with E-state index < -0.39 is 11.9 Å². The lowest BCUT2D eigenvalue weighted by Crippen LogP contribution is -2.26. The van der Waals surface area contributed by atoms with Crippen LogP contribution < -0.4 is 5.56 Å². The normalized spacial score (nSPS) is 11.3. The van der Waals surface area contributed by atoms with Crippen molar-refractivity contribution >= 4 is 33.5 Å². The Morgan fingerprint density at radius 3 is 2.59 bits per heavy atom. The summed E-state index contributed by atoms with van der Waals surface area (Å²) in [6.07, 6.45) is 0.305. The molecule has 148 valence electrons. The summed E-state index contributed by atoms with van der Waals surface area (Å²) in [5.41, 5.74) is 0.288. The molecule has 2 aromatic heterocycles. The molecule has 0 spiro atoms. The van der Waals surface area contributed by atoms with Gasteiger partial charge < -0.3 is 14.6 Å². The van der Waals surface area contributed by atoms with E-state index in [0.29, 0.717) is 39.5 Å². The van der Waals surface area contributed by atoms with E-state index >= 15 is 0 Å². The number of aromatic nitrogens is 2. The minimum Gasteiger partial charge on any atom is -0.481 e. The van der Waals surface area contributed by atoms with E-state index in [1.54, 1.807) is 6.92 Å². The number of fused-ring (bicyclic) bond motifs is 1. The maximum atomic E-state index is 13.1. The van der Waals surface area contributed by atoms with Gasteiger partial charge in [0, 0.05) is 26.0 Å². The SMILES string of the molecule is COCCOC(=O)c1sc2nc(C(C)C)n(CCCC(=O)O)c(=O)c2c1C. The third-order valence-electron chi connectivity index (χ3n) is 4.07. The second kappa shape index (κ2) is 9.09. The second-order valence-electron chi connectivity index (χ2n) is 6.44. The van der Waals surface area contributed by atoms with Crippen LogP contribution in [0.15, 0.2) is 4.79 Å². The smallest absolute Gasteiger partial charge is 0.348 e. The summed E-state index contributed by atoms with van der Waals surface area (Å²) in [4.78, 5) is 41.6. The lowest BCUT2D eigenvalue weighted by atomic mass is 10.1. The molecule has 2 heterocycles. The summed E-state index contributed by atoms with van der Waals surface area (Å²) in [6, 6.07) is 0. The van der Waals surface area contributed by atoms with Crippen LogP contribution in [0.2, 0.25) is 0 Å². The molecule has 0 aromatic carbocycles. The van der Waals surface area contributed by atoms with E-state index in [0.717, 1.165) is 11.3 Å².